The molecule has 0 saturated heterocycles. The average molecular weight is 457 g/mol. The first-order valence-corrected chi connectivity index (χ1v) is 16.7. The summed E-state index contributed by atoms with van der Waals surface area (Å²) >= 11 is 0. The van der Waals surface area contributed by atoms with Crippen LogP contribution in [0.15, 0.2) is 41.8 Å². The largest absolute Gasteiger partial charge is 4.00 e. The van der Waals surface area contributed by atoms with Gasteiger partial charge >= 0.3 is 21.7 Å². The minimum Gasteiger partial charge on any atom is -0.668 e. The number of rotatable bonds is 3. The van der Waals surface area contributed by atoms with E-state index in [1.807, 2.05) is 12.2 Å². The van der Waals surface area contributed by atoms with E-state index in [0.717, 1.165) is 6.42 Å². The topological polar surface area (TPSA) is 28.2 Å². The van der Waals surface area contributed by atoms with E-state index in [1.54, 1.807) is 28.2 Å². The molecule has 0 spiro atoms. The number of nitrogens with zero attached hydrogens (tertiary/aromatic N) is 2. The normalized spacial score (nSPS) is 12.1. The van der Waals surface area contributed by atoms with Crippen LogP contribution in [0, 0.1) is 12.0 Å². The molecule has 1 aliphatic rings. The van der Waals surface area contributed by atoms with Crippen LogP contribution >= 0.6 is 0 Å². The molecule has 2 nitrogen and oxygen atoms in total. The Labute approximate surface area is 196 Å². The Morgan fingerprint density at radius 3 is 1.18 bits per heavy atom. The molecule has 5 heteroatoms. The van der Waals surface area contributed by atoms with Gasteiger partial charge in [-0.1, -0.05) is 62.8 Å². The smallest absolute Gasteiger partial charge is 0.668 e. The van der Waals surface area contributed by atoms with E-state index in [-0.39, 0.29) is 21.7 Å². The molecule has 0 unspecified atom stereocenters. The van der Waals surface area contributed by atoms with Crippen molar-refractivity contribution in [2.75, 3.05) is 28.2 Å². The molecule has 1 rings (SSSR count). The van der Waals surface area contributed by atoms with Crippen molar-refractivity contribution in [3.05, 3.63) is 64.4 Å². The van der Waals surface area contributed by atoms with Crippen molar-refractivity contribution < 1.29 is 21.7 Å². The first-order chi connectivity index (χ1) is 12.3. The van der Waals surface area contributed by atoms with Crippen molar-refractivity contribution >= 4 is 16.1 Å². The molecule has 0 aliphatic heterocycles. The fraction of sp³-hybridized carbons (Fsp3) is 0.609. The van der Waals surface area contributed by atoms with Crippen molar-refractivity contribution in [2.24, 2.45) is 0 Å². The maximum absolute atomic E-state index is 3.50. The van der Waals surface area contributed by atoms with Gasteiger partial charge in [0, 0.05) is 0 Å². The van der Waals surface area contributed by atoms with Gasteiger partial charge < -0.3 is 16.6 Å². The van der Waals surface area contributed by atoms with Crippen LogP contribution < -0.4 is 0 Å². The molecular weight excluding hydrogens is 408 g/mol. The average Bonchev–Trinajstić information content (AvgIpc) is 3.02. The van der Waals surface area contributed by atoms with Gasteiger partial charge in [0.1, 0.15) is 0 Å². The van der Waals surface area contributed by atoms with Crippen LogP contribution in [0.4, 0.5) is 0 Å². The quantitative estimate of drug-likeness (QED) is 0.234. The maximum Gasteiger partial charge on any atom is 4.00 e. The minimum atomic E-state index is -0.970. The first kappa shape index (κ1) is 38.6. The summed E-state index contributed by atoms with van der Waals surface area (Å²) in [5, 5.41) is 7.00. The number of hydrogen-bond acceptors (Lipinski definition) is 0. The second kappa shape index (κ2) is 27.0. The Morgan fingerprint density at radius 2 is 1.07 bits per heavy atom. The SMILES string of the molecule is C[C-](C)C.C[N-]C.C[N-]C.C[Si](C)(C)C=CC=C[Si](C)(C)C.[C-]1=CC=CC1.[Ti+4]. The Kier molecular flexibility index (Phi) is 37.3. The molecule has 162 valence electrons. The zero-order chi connectivity index (χ0) is 22.4. The van der Waals surface area contributed by atoms with Crippen LogP contribution in [0.2, 0.25) is 39.3 Å². The van der Waals surface area contributed by atoms with Gasteiger partial charge in [0.15, 0.2) is 0 Å². The van der Waals surface area contributed by atoms with Gasteiger partial charge in [-0.15, -0.1) is 6.42 Å². The summed E-state index contributed by atoms with van der Waals surface area (Å²) in [5.74, 6) is 1.42. The molecule has 0 atom stereocenters. The second-order valence-electron chi connectivity index (χ2n) is 8.85. The van der Waals surface area contributed by atoms with Crippen LogP contribution in [-0.2, 0) is 21.7 Å². The molecule has 0 amide bonds. The van der Waals surface area contributed by atoms with Crippen LogP contribution in [0.25, 0.3) is 10.6 Å². The van der Waals surface area contributed by atoms with Crippen molar-refractivity contribution in [3.63, 3.8) is 0 Å². The monoisotopic (exact) mass is 456 g/mol. The van der Waals surface area contributed by atoms with E-state index >= 15 is 0 Å². The molecule has 0 aromatic heterocycles. The fourth-order valence-electron chi connectivity index (χ4n) is 1.03. The number of hydrogen-bond donors (Lipinski definition) is 0. The molecule has 1 aliphatic carbocycles. The van der Waals surface area contributed by atoms with E-state index in [4.69, 9.17) is 0 Å². The predicted octanol–water partition coefficient (Wildman–Crippen LogP) is 8.02. The third-order valence-corrected chi connectivity index (χ3v) is 4.27. The molecule has 0 fully saturated rings. The summed E-state index contributed by atoms with van der Waals surface area (Å²) < 4.78 is 0. The van der Waals surface area contributed by atoms with Gasteiger partial charge in [-0.05, 0) is 0 Å². The summed E-state index contributed by atoms with van der Waals surface area (Å²) in [6.45, 7) is 20.4. The van der Waals surface area contributed by atoms with Crippen molar-refractivity contribution in [1.29, 1.82) is 0 Å². The van der Waals surface area contributed by atoms with Crippen molar-refractivity contribution in [2.45, 2.75) is 66.5 Å². The molecule has 28 heavy (non-hydrogen) atoms. The van der Waals surface area contributed by atoms with Gasteiger partial charge in [-0.2, -0.15) is 55.0 Å². The zero-order valence-corrected chi connectivity index (χ0v) is 24.7. The van der Waals surface area contributed by atoms with Gasteiger partial charge in [-0.25, -0.2) is 12.2 Å². The summed E-state index contributed by atoms with van der Waals surface area (Å²) in [5.41, 5.74) is 4.76. The summed E-state index contributed by atoms with van der Waals surface area (Å²) in [6.07, 6.45) is 14.5. The molecule has 0 bridgehead atoms. The van der Waals surface area contributed by atoms with Gasteiger partial charge in [0.2, 0.25) is 0 Å². The van der Waals surface area contributed by atoms with Crippen molar-refractivity contribution in [1.82, 2.24) is 0 Å². The van der Waals surface area contributed by atoms with Gasteiger partial charge in [0.25, 0.3) is 0 Å². The van der Waals surface area contributed by atoms with Crippen LogP contribution in [0.5, 0.6) is 0 Å². The molecule has 0 heterocycles. The Balaban J connectivity index is -0.0000000912. The van der Waals surface area contributed by atoms with E-state index < -0.39 is 16.1 Å². The van der Waals surface area contributed by atoms with E-state index in [0.29, 0.717) is 0 Å². The fourth-order valence-corrected chi connectivity index (χ4v) is 2.41. The summed E-state index contributed by atoms with van der Waals surface area (Å²) in [7, 11) is 5.06. The molecule has 0 N–H and O–H groups in total. The molecule has 0 aromatic rings. The first-order valence-electron chi connectivity index (χ1n) is 9.58. The maximum atomic E-state index is 3.50. The third-order valence-electron chi connectivity index (χ3n) is 1.89. The Morgan fingerprint density at radius 1 is 0.786 bits per heavy atom. The van der Waals surface area contributed by atoms with Gasteiger partial charge in [0.05, 0.1) is 16.1 Å². The Hall–Kier alpha value is 0.0281. The molecule has 0 radical (unpaired) electrons. The zero-order valence-electron chi connectivity index (χ0n) is 21.1. The second-order valence-corrected chi connectivity index (χ2v) is 19.0. The third kappa shape index (κ3) is 82.9. The molecule has 0 saturated carbocycles. The van der Waals surface area contributed by atoms with E-state index in [9.17, 15) is 0 Å². The van der Waals surface area contributed by atoms with Crippen LogP contribution in [0.1, 0.15) is 27.2 Å². The van der Waals surface area contributed by atoms with Crippen LogP contribution in [0.3, 0.4) is 0 Å². The van der Waals surface area contributed by atoms with E-state index in [2.05, 4.69) is 106 Å². The van der Waals surface area contributed by atoms with E-state index in [1.165, 1.54) is 5.92 Å². The summed E-state index contributed by atoms with van der Waals surface area (Å²) in [4.78, 5) is 0. The molecule has 0 aromatic carbocycles. The van der Waals surface area contributed by atoms with Gasteiger partial charge in [-0.3, -0.25) is 6.08 Å². The predicted molar refractivity (Wildman–Crippen MR) is 137 cm³/mol. The van der Waals surface area contributed by atoms with Crippen molar-refractivity contribution in [3.8, 4) is 0 Å². The molecular formula is C23H48N2Si2Ti. The minimum absolute atomic E-state index is 0. The number of allylic oxidation sites excluding steroid dienone is 6. The Bertz CT molecular complexity index is 352. The summed E-state index contributed by atoms with van der Waals surface area (Å²) in [6, 6.07) is 0. The standard InChI is InChI=1S/C10H22Si2.C5H5.C4H9.2C2H6N.Ti/c1-11(2,3)9-7-8-10-12(4,5)6;1-2-4-5-3-1;1-4(2)3;2*1-3-2;/h7-10H,1-6H3;1-3H,4H2;1-3H3;2*1-2H3;/q;4*-1;+4. The van der Waals surface area contributed by atoms with Crippen LogP contribution in [-0.4, -0.2) is 44.3 Å².